The summed E-state index contributed by atoms with van der Waals surface area (Å²) in [5.41, 5.74) is 2.98. The lowest BCUT2D eigenvalue weighted by Crippen LogP contribution is -2.28. The maximum absolute atomic E-state index is 3.69. The first-order valence-corrected chi connectivity index (χ1v) is 8.33. The molecule has 100 valence electrons. The molecule has 0 aromatic heterocycles. The van der Waals surface area contributed by atoms with Crippen molar-refractivity contribution in [3.8, 4) is 0 Å². The van der Waals surface area contributed by atoms with Crippen LogP contribution in [-0.2, 0) is 6.42 Å². The molecule has 1 nitrogen and oxygen atoms in total. The van der Waals surface area contributed by atoms with Gasteiger partial charge in [0.15, 0.2) is 0 Å². The highest BCUT2D eigenvalue weighted by molar-refractivity contribution is 8.00. The summed E-state index contributed by atoms with van der Waals surface area (Å²) in [7, 11) is 0. The van der Waals surface area contributed by atoms with E-state index < -0.39 is 0 Å². The normalized spacial score (nSPS) is 21.1. The van der Waals surface area contributed by atoms with E-state index in [0.717, 1.165) is 11.8 Å². The number of aryl methyl sites for hydroxylation is 1. The third-order valence-corrected chi connectivity index (χ3v) is 5.07. The van der Waals surface area contributed by atoms with Gasteiger partial charge in [-0.25, -0.2) is 0 Å². The molecule has 0 amide bonds. The van der Waals surface area contributed by atoms with Crippen molar-refractivity contribution in [1.82, 2.24) is 5.32 Å². The Labute approximate surface area is 116 Å². The average Bonchev–Trinajstić information content (AvgIpc) is 2.90. The van der Waals surface area contributed by atoms with Gasteiger partial charge in [0.2, 0.25) is 0 Å². The lowest BCUT2D eigenvalue weighted by atomic mass is 9.97. The van der Waals surface area contributed by atoms with Gasteiger partial charge in [-0.1, -0.05) is 44.5 Å². The van der Waals surface area contributed by atoms with E-state index in [4.69, 9.17) is 0 Å². The standard InChI is InChI=1S/C16H25NS/c1-3-7-13-8-5-9-14(12-13)16(17-4-2)15-10-6-11-18-15/h5,8-9,12,15-17H,3-4,6-7,10-11H2,1-2H3. The minimum Gasteiger partial charge on any atom is -0.309 e. The fourth-order valence-corrected chi connectivity index (χ4v) is 4.20. The van der Waals surface area contributed by atoms with E-state index in [0.29, 0.717) is 6.04 Å². The van der Waals surface area contributed by atoms with E-state index in [1.165, 1.54) is 42.6 Å². The van der Waals surface area contributed by atoms with Crippen molar-refractivity contribution in [2.75, 3.05) is 12.3 Å². The molecule has 0 bridgehead atoms. The summed E-state index contributed by atoms with van der Waals surface area (Å²) in [6.07, 6.45) is 5.17. The summed E-state index contributed by atoms with van der Waals surface area (Å²) in [5, 5.41) is 4.45. The lowest BCUT2D eigenvalue weighted by Gasteiger charge is -2.24. The molecule has 1 aromatic rings. The van der Waals surface area contributed by atoms with Gasteiger partial charge in [0.1, 0.15) is 0 Å². The zero-order valence-electron chi connectivity index (χ0n) is 11.6. The monoisotopic (exact) mass is 263 g/mol. The molecule has 0 radical (unpaired) electrons. The van der Waals surface area contributed by atoms with Gasteiger partial charge < -0.3 is 5.32 Å². The molecule has 1 aliphatic rings. The smallest absolute Gasteiger partial charge is 0.0440 e. The topological polar surface area (TPSA) is 12.0 Å². The van der Waals surface area contributed by atoms with Crippen molar-refractivity contribution in [3.63, 3.8) is 0 Å². The molecule has 1 aliphatic heterocycles. The molecule has 2 rings (SSSR count). The van der Waals surface area contributed by atoms with Crippen LogP contribution in [0.1, 0.15) is 50.3 Å². The third kappa shape index (κ3) is 3.52. The fourth-order valence-electron chi connectivity index (χ4n) is 2.78. The summed E-state index contributed by atoms with van der Waals surface area (Å²) >= 11 is 2.14. The Kier molecular flexibility index (Phi) is 5.58. The lowest BCUT2D eigenvalue weighted by molar-refractivity contribution is 0.519. The van der Waals surface area contributed by atoms with Gasteiger partial charge in [-0.2, -0.15) is 11.8 Å². The van der Waals surface area contributed by atoms with Crippen LogP contribution >= 0.6 is 11.8 Å². The Morgan fingerprint density at radius 2 is 2.28 bits per heavy atom. The van der Waals surface area contributed by atoms with Gasteiger partial charge in [-0.15, -0.1) is 0 Å². The van der Waals surface area contributed by atoms with Crippen molar-refractivity contribution < 1.29 is 0 Å². The molecule has 1 aromatic carbocycles. The highest BCUT2D eigenvalue weighted by Crippen LogP contribution is 2.36. The summed E-state index contributed by atoms with van der Waals surface area (Å²) in [6.45, 7) is 5.52. The average molecular weight is 263 g/mol. The largest absolute Gasteiger partial charge is 0.309 e. The van der Waals surface area contributed by atoms with E-state index in [9.17, 15) is 0 Å². The highest BCUT2D eigenvalue weighted by Gasteiger charge is 2.26. The second-order valence-corrected chi connectivity index (χ2v) is 6.43. The molecule has 1 heterocycles. The highest BCUT2D eigenvalue weighted by atomic mass is 32.2. The molecule has 1 fully saturated rings. The minimum absolute atomic E-state index is 0.541. The van der Waals surface area contributed by atoms with Crippen LogP contribution in [0.4, 0.5) is 0 Å². The van der Waals surface area contributed by atoms with Crippen molar-refractivity contribution in [3.05, 3.63) is 35.4 Å². The second kappa shape index (κ2) is 7.20. The molecule has 0 spiro atoms. The fraction of sp³-hybridized carbons (Fsp3) is 0.625. The number of rotatable bonds is 6. The van der Waals surface area contributed by atoms with Crippen LogP contribution in [0.2, 0.25) is 0 Å². The maximum atomic E-state index is 3.69. The van der Waals surface area contributed by atoms with Crippen molar-refractivity contribution in [2.24, 2.45) is 0 Å². The summed E-state index contributed by atoms with van der Waals surface area (Å²) in [6, 6.07) is 9.74. The van der Waals surface area contributed by atoms with Crippen molar-refractivity contribution >= 4 is 11.8 Å². The second-order valence-electron chi connectivity index (χ2n) is 5.08. The summed E-state index contributed by atoms with van der Waals surface area (Å²) < 4.78 is 0. The van der Waals surface area contributed by atoms with Gasteiger partial charge in [0.25, 0.3) is 0 Å². The minimum atomic E-state index is 0.541. The first-order chi connectivity index (χ1) is 8.85. The van der Waals surface area contributed by atoms with Crippen LogP contribution in [-0.4, -0.2) is 17.5 Å². The van der Waals surface area contributed by atoms with Crippen LogP contribution in [0, 0.1) is 0 Å². The van der Waals surface area contributed by atoms with Gasteiger partial charge in [-0.05, 0) is 42.7 Å². The Morgan fingerprint density at radius 1 is 1.39 bits per heavy atom. The quantitative estimate of drug-likeness (QED) is 0.826. The number of thioether (sulfide) groups is 1. The van der Waals surface area contributed by atoms with E-state index in [2.05, 4.69) is 55.2 Å². The van der Waals surface area contributed by atoms with E-state index >= 15 is 0 Å². The molecular formula is C16H25NS. The Balaban J connectivity index is 2.15. The van der Waals surface area contributed by atoms with Gasteiger partial charge in [0, 0.05) is 11.3 Å². The van der Waals surface area contributed by atoms with Crippen molar-refractivity contribution in [1.29, 1.82) is 0 Å². The Morgan fingerprint density at radius 3 is 2.94 bits per heavy atom. The summed E-state index contributed by atoms with van der Waals surface area (Å²) in [4.78, 5) is 0. The number of hydrogen-bond acceptors (Lipinski definition) is 2. The van der Waals surface area contributed by atoms with Crippen LogP contribution in [0.25, 0.3) is 0 Å². The molecule has 1 N–H and O–H groups in total. The van der Waals surface area contributed by atoms with Gasteiger partial charge in [0.05, 0.1) is 0 Å². The first-order valence-electron chi connectivity index (χ1n) is 7.29. The summed E-state index contributed by atoms with van der Waals surface area (Å²) in [5.74, 6) is 1.33. The predicted octanol–water partition coefficient (Wildman–Crippen LogP) is 4.19. The molecule has 1 saturated heterocycles. The Hall–Kier alpha value is -0.470. The zero-order valence-corrected chi connectivity index (χ0v) is 12.4. The Bertz CT molecular complexity index is 358. The SMILES string of the molecule is CCCc1cccc(C(NCC)C2CCCS2)c1. The van der Waals surface area contributed by atoms with Gasteiger partial charge in [-0.3, -0.25) is 0 Å². The van der Waals surface area contributed by atoms with E-state index in [1.807, 2.05) is 0 Å². The molecule has 2 unspecified atom stereocenters. The molecule has 18 heavy (non-hydrogen) atoms. The third-order valence-electron chi connectivity index (χ3n) is 3.61. The van der Waals surface area contributed by atoms with Crippen LogP contribution in [0.3, 0.4) is 0 Å². The number of benzene rings is 1. The number of nitrogens with one attached hydrogen (secondary N) is 1. The first kappa shape index (κ1) is 14.0. The molecule has 2 atom stereocenters. The molecule has 0 aliphatic carbocycles. The van der Waals surface area contributed by atoms with Crippen LogP contribution in [0.15, 0.2) is 24.3 Å². The predicted molar refractivity (Wildman–Crippen MR) is 82.3 cm³/mol. The maximum Gasteiger partial charge on any atom is 0.0440 e. The van der Waals surface area contributed by atoms with E-state index in [1.54, 1.807) is 0 Å². The van der Waals surface area contributed by atoms with Crippen LogP contribution < -0.4 is 5.32 Å². The van der Waals surface area contributed by atoms with E-state index in [-0.39, 0.29) is 0 Å². The van der Waals surface area contributed by atoms with Crippen LogP contribution in [0.5, 0.6) is 0 Å². The van der Waals surface area contributed by atoms with Crippen molar-refractivity contribution in [2.45, 2.75) is 50.8 Å². The molecule has 0 saturated carbocycles. The number of hydrogen-bond donors (Lipinski definition) is 1. The molecule has 2 heteroatoms. The molecular weight excluding hydrogens is 238 g/mol. The zero-order chi connectivity index (χ0) is 12.8. The van der Waals surface area contributed by atoms with Gasteiger partial charge >= 0.3 is 0 Å².